The number of hydrogen-bond donors (Lipinski definition) is 0. The summed E-state index contributed by atoms with van der Waals surface area (Å²) in [5.74, 6) is 0. The van der Waals surface area contributed by atoms with E-state index in [1.165, 1.54) is 24.3 Å². The Balaban J connectivity index is 1.91. The first-order chi connectivity index (χ1) is 13.1. The Bertz CT molecular complexity index is 781. The highest BCUT2D eigenvalue weighted by atomic mass is 127. The van der Waals surface area contributed by atoms with Crippen molar-refractivity contribution in [3.8, 4) is 0 Å². The molecule has 0 aliphatic heterocycles. The molecule has 0 nitrogen and oxygen atoms in total. The van der Waals surface area contributed by atoms with Gasteiger partial charge in [-0.15, -0.1) is 0 Å². The number of halogens is 3. The summed E-state index contributed by atoms with van der Waals surface area (Å²) >= 11 is 8.73. The first kappa shape index (κ1) is 21.7. The fraction of sp³-hybridized carbons (Fsp3) is 0.217. The zero-order valence-electron chi connectivity index (χ0n) is 15.1. The van der Waals surface area contributed by atoms with Crippen LogP contribution in [0.1, 0.15) is 12.0 Å². The SMILES string of the molecule is Brc1ccc(CCC[P+](CC(I)I)(c2ccccc2)c2ccccc2)cc1. The first-order valence-electron chi connectivity index (χ1n) is 9.11. The molecule has 0 aromatic heterocycles. The number of benzene rings is 3. The maximum Gasteiger partial charge on any atom is 0.0992 e. The molecule has 0 atom stereocenters. The summed E-state index contributed by atoms with van der Waals surface area (Å²) in [5, 5.41) is 3.09. The van der Waals surface area contributed by atoms with Crippen LogP contribution in [0.25, 0.3) is 0 Å². The van der Waals surface area contributed by atoms with Gasteiger partial charge in [0.05, 0.1) is 32.1 Å². The molecular weight excluding hydrogens is 641 g/mol. The third-order valence-corrected chi connectivity index (χ3v) is 12.3. The van der Waals surface area contributed by atoms with Gasteiger partial charge in [0.25, 0.3) is 0 Å². The van der Waals surface area contributed by atoms with Gasteiger partial charge in [-0.05, 0) is 54.8 Å². The van der Waals surface area contributed by atoms with Crippen LogP contribution < -0.4 is 10.6 Å². The molecule has 27 heavy (non-hydrogen) atoms. The van der Waals surface area contributed by atoms with E-state index in [2.05, 4.69) is 146 Å². The van der Waals surface area contributed by atoms with Crippen LogP contribution >= 0.6 is 68.4 Å². The third-order valence-electron chi connectivity index (χ3n) is 4.87. The Kier molecular flexibility index (Phi) is 8.62. The molecule has 0 unspecified atom stereocenters. The van der Waals surface area contributed by atoms with Gasteiger partial charge < -0.3 is 0 Å². The normalized spacial score (nSPS) is 11.7. The smallest absolute Gasteiger partial charge is 0.0669 e. The molecule has 3 rings (SSSR count). The maximum absolute atomic E-state index is 3.54. The van der Waals surface area contributed by atoms with E-state index in [0.29, 0.717) is 1.93 Å². The molecule has 0 radical (unpaired) electrons. The molecule has 0 N–H and O–H groups in total. The molecule has 0 spiro atoms. The van der Waals surface area contributed by atoms with Crippen molar-refractivity contribution in [2.45, 2.75) is 14.8 Å². The first-order valence-corrected chi connectivity index (χ1v) is 14.6. The van der Waals surface area contributed by atoms with Crippen molar-refractivity contribution in [1.29, 1.82) is 0 Å². The van der Waals surface area contributed by atoms with Crippen LogP contribution in [0.2, 0.25) is 0 Å². The van der Waals surface area contributed by atoms with E-state index in [9.17, 15) is 0 Å². The average Bonchev–Trinajstić information content (AvgIpc) is 2.70. The van der Waals surface area contributed by atoms with E-state index in [0.717, 1.165) is 10.9 Å². The van der Waals surface area contributed by atoms with Gasteiger partial charge in [0.1, 0.15) is 0 Å². The van der Waals surface area contributed by atoms with E-state index in [-0.39, 0.29) is 0 Å². The van der Waals surface area contributed by atoms with Crippen molar-refractivity contribution in [1.82, 2.24) is 0 Å². The summed E-state index contributed by atoms with van der Waals surface area (Å²) in [6.45, 7) is 0. The van der Waals surface area contributed by atoms with Gasteiger partial charge in [0.15, 0.2) is 0 Å². The highest BCUT2D eigenvalue weighted by molar-refractivity contribution is 14.2. The second-order valence-electron chi connectivity index (χ2n) is 6.67. The number of hydrogen-bond acceptors (Lipinski definition) is 0. The van der Waals surface area contributed by atoms with Gasteiger partial charge in [-0.3, -0.25) is 0 Å². The van der Waals surface area contributed by atoms with E-state index in [4.69, 9.17) is 0 Å². The van der Waals surface area contributed by atoms with Crippen molar-refractivity contribution in [2.24, 2.45) is 0 Å². The van der Waals surface area contributed by atoms with Crippen LogP contribution in [0.5, 0.6) is 0 Å². The predicted molar refractivity (Wildman–Crippen MR) is 143 cm³/mol. The van der Waals surface area contributed by atoms with E-state index in [1.807, 2.05) is 0 Å². The van der Waals surface area contributed by atoms with Crippen molar-refractivity contribution >= 4 is 79.0 Å². The van der Waals surface area contributed by atoms with Crippen molar-refractivity contribution < 1.29 is 0 Å². The fourth-order valence-electron chi connectivity index (χ4n) is 3.58. The van der Waals surface area contributed by atoms with Crippen LogP contribution in [0.15, 0.2) is 89.4 Å². The summed E-state index contributed by atoms with van der Waals surface area (Å²) in [6.07, 6.45) is 4.88. The summed E-state index contributed by atoms with van der Waals surface area (Å²) < 4.78 is 1.78. The van der Waals surface area contributed by atoms with Crippen LogP contribution in [-0.2, 0) is 6.42 Å². The van der Waals surface area contributed by atoms with Gasteiger partial charge in [-0.25, -0.2) is 0 Å². The van der Waals surface area contributed by atoms with Gasteiger partial charge in [0.2, 0.25) is 0 Å². The van der Waals surface area contributed by atoms with Gasteiger partial charge >= 0.3 is 0 Å². The van der Waals surface area contributed by atoms with Gasteiger partial charge in [-0.2, -0.15) is 0 Å². The molecule has 4 heteroatoms. The zero-order chi connectivity index (χ0) is 19.1. The van der Waals surface area contributed by atoms with Crippen LogP contribution in [-0.4, -0.2) is 14.3 Å². The lowest BCUT2D eigenvalue weighted by Crippen LogP contribution is -2.29. The van der Waals surface area contributed by atoms with Crippen LogP contribution in [0.3, 0.4) is 0 Å². The topological polar surface area (TPSA) is 0 Å². The molecule has 0 saturated carbocycles. The van der Waals surface area contributed by atoms with E-state index in [1.54, 1.807) is 10.6 Å². The van der Waals surface area contributed by atoms with Crippen molar-refractivity contribution in [2.75, 3.05) is 12.3 Å². The van der Waals surface area contributed by atoms with Crippen molar-refractivity contribution in [3.05, 3.63) is 95.0 Å². The minimum absolute atomic E-state index is 0.627. The lowest BCUT2D eigenvalue weighted by molar-refractivity contribution is 0.925. The molecule has 140 valence electrons. The Hall–Kier alpha value is 0.0300. The molecular formula is C23H23BrI2P+. The molecule has 0 saturated heterocycles. The van der Waals surface area contributed by atoms with Gasteiger partial charge in [-0.1, -0.05) is 110 Å². The minimum Gasteiger partial charge on any atom is -0.0669 e. The number of alkyl halides is 2. The molecule has 0 aliphatic rings. The number of rotatable bonds is 8. The minimum atomic E-state index is -1.43. The highest BCUT2D eigenvalue weighted by Crippen LogP contribution is 2.58. The zero-order valence-corrected chi connectivity index (χ0v) is 21.9. The Labute approximate surface area is 199 Å². The summed E-state index contributed by atoms with van der Waals surface area (Å²) in [4.78, 5) is 0. The van der Waals surface area contributed by atoms with E-state index < -0.39 is 7.26 Å². The van der Waals surface area contributed by atoms with E-state index >= 15 is 0 Å². The maximum atomic E-state index is 3.54. The lowest BCUT2D eigenvalue weighted by atomic mass is 10.1. The second-order valence-corrected chi connectivity index (χ2v) is 16.8. The summed E-state index contributed by atoms with van der Waals surface area (Å²) in [5.41, 5.74) is 1.43. The Morgan fingerprint density at radius 2 is 1.26 bits per heavy atom. The summed E-state index contributed by atoms with van der Waals surface area (Å²) in [7, 11) is -1.43. The molecule has 3 aromatic carbocycles. The lowest BCUT2D eigenvalue weighted by Gasteiger charge is -2.28. The Morgan fingerprint density at radius 1 is 0.741 bits per heavy atom. The average molecular weight is 664 g/mol. The molecule has 0 bridgehead atoms. The largest absolute Gasteiger partial charge is 0.0992 e. The molecule has 0 aliphatic carbocycles. The molecule has 0 fully saturated rings. The monoisotopic (exact) mass is 663 g/mol. The molecule has 3 aromatic rings. The molecule has 0 heterocycles. The fourth-order valence-corrected chi connectivity index (χ4v) is 11.9. The van der Waals surface area contributed by atoms with Crippen LogP contribution in [0.4, 0.5) is 0 Å². The summed E-state index contributed by atoms with van der Waals surface area (Å²) in [6, 6.07) is 31.3. The van der Waals surface area contributed by atoms with Crippen molar-refractivity contribution in [3.63, 3.8) is 0 Å². The Morgan fingerprint density at radius 3 is 1.74 bits per heavy atom. The predicted octanol–water partition coefficient (Wildman–Crippen LogP) is 7.25. The van der Waals surface area contributed by atoms with Crippen LogP contribution in [0, 0.1) is 0 Å². The standard InChI is InChI=1S/C23H23BrI2P/c24-20-15-13-19(14-16-20)8-7-17-27(18-23(25)26,21-9-3-1-4-10-21)22-11-5-2-6-12-22/h1-6,9-16,23H,7-8,17-18H2/q+1. The molecule has 0 amide bonds. The number of aryl methyl sites for hydroxylation is 1. The van der Waals surface area contributed by atoms with Gasteiger partial charge in [0, 0.05) is 4.47 Å². The quantitative estimate of drug-likeness (QED) is 0.135. The third kappa shape index (κ3) is 6.01. The second kappa shape index (κ2) is 10.7. The highest BCUT2D eigenvalue weighted by Gasteiger charge is 2.43.